The molecule has 0 radical (unpaired) electrons. The Morgan fingerprint density at radius 3 is 2.41 bits per heavy atom. The van der Waals surface area contributed by atoms with Crippen LogP contribution in [0.4, 0.5) is 0 Å². The molecule has 0 bridgehead atoms. The molecule has 0 aliphatic carbocycles. The number of aryl methyl sites for hydroxylation is 2. The highest BCUT2D eigenvalue weighted by Gasteiger charge is 2.28. The smallest absolute Gasteiger partial charge is 0.151 e. The van der Waals surface area contributed by atoms with E-state index in [-0.39, 0.29) is 11.2 Å². The van der Waals surface area contributed by atoms with Crippen molar-refractivity contribution in [2.75, 3.05) is 0 Å². The Morgan fingerprint density at radius 1 is 1.35 bits per heavy atom. The zero-order valence-electron chi connectivity index (χ0n) is 11.3. The predicted octanol–water partition coefficient (Wildman–Crippen LogP) is 2.81. The molecule has 3 heteroatoms. The van der Waals surface area contributed by atoms with Crippen LogP contribution in [0.1, 0.15) is 43.9 Å². The summed E-state index contributed by atoms with van der Waals surface area (Å²) in [7, 11) is 0. The molecule has 0 aromatic heterocycles. The lowest BCUT2D eigenvalue weighted by Gasteiger charge is -2.28. The quantitative estimate of drug-likeness (QED) is 0.816. The number of carbonyl (C=O) groups excluding carboxylic acids is 1. The first-order valence-electron chi connectivity index (χ1n) is 5.76. The molecule has 1 rings (SSSR count). The van der Waals surface area contributed by atoms with Gasteiger partial charge >= 0.3 is 0 Å². The summed E-state index contributed by atoms with van der Waals surface area (Å²) in [6.45, 7) is 9.70. The lowest BCUT2D eigenvalue weighted by molar-refractivity contribution is -0.118. The minimum atomic E-state index is -0.266. The molecule has 94 valence electrons. The molecule has 1 aromatic rings. The van der Waals surface area contributed by atoms with E-state index >= 15 is 0 Å². The van der Waals surface area contributed by atoms with Gasteiger partial charge in [-0.05, 0) is 38.0 Å². The molecule has 1 aromatic carbocycles. The molecular formula is C14H21NO2. The first-order chi connectivity index (χ1) is 7.77. The molecule has 0 heterocycles. The second-order valence-corrected chi connectivity index (χ2v) is 5.34. The van der Waals surface area contributed by atoms with Gasteiger partial charge in [-0.25, -0.2) is 0 Å². The van der Waals surface area contributed by atoms with Crippen LogP contribution in [0.5, 0.6) is 5.75 Å². The van der Waals surface area contributed by atoms with Crippen LogP contribution in [-0.4, -0.2) is 5.78 Å². The Labute approximate surface area is 103 Å². The van der Waals surface area contributed by atoms with Crippen molar-refractivity contribution < 1.29 is 9.63 Å². The molecule has 3 nitrogen and oxygen atoms in total. The van der Waals surface area contributed by atoms with Gasteiger partial charge < -0.3 is 4.84 Å². The van der Waals surface area contributed by atoms with Crippen LogP contribution in [0, 0.1) is 13.8 Å². The normalized spacial score (nSPS) is 11.4. The molecule has 0 atom stereocenters. The zero-order valence-corrected chi connectivity index (χ0v) is 11.3. The summed E-state index contributed by atoms with van der Waals surface area (Å²) in [6.07, 6.45) is 0.479. The molecular weight excluding hydrogens is 214 g/mol. The van der Waals surface area contributed by atoms with Crippen LogP contribution in [-0.2, 0) is 10.2 Å². The number of nitrogens with two attached hydrogens (primary N) is 1. The van der Waals surface area contributed by atoms with Crippen molar-refractivity contribution in [3.8, 4) is 5.75 Å². The van der Waals surface area contributed by atoms with Gasteiger partial charge in [-0.15, -0.1) is 0 Å². The zero-order chi connectivity index (χ0) is 13.2. The molecule has 0 saturated carbocycles. The molecule has 0 saturated heterocycles. The average molecular weight is 235 g/mol. The van der Waals surface area contributed by atoms with Crippen molar-refractivity contribution in [1.29, 1.82) is 0 Å². The van der Waals surface area contributed by atoms with E-state index in [0.717, 1.165) is 16.7 Å². The van der Waals surface area contributed by atoms with E-state index in [4.69, 9.17) is 10.7 Å². The van der Waals surface area contributed by atoms with Gasteiger partial charge in [0.1, 0.15) is 5.78 Å². The molecule has 0 amide bonds. The summed E-state index contributed by atoms with van der Waals surface area (Å²) in [5.41, 5.74) is 2.96. The average Bonchev–Trinajstić information content (AvgIpc) is 2.13. The highest BCUT2D eigenvalue weighted by atomic mass is 16.6. The molecule has 0 fully saturated rings. The van der Waals surface area contributed by atoms with E-state index in [1.807, 2.05) is 33.8 Å². The largest absolute Gasteiger partial charge is 0.411 e. The minimum Gasteiger partial charge on any atom is -0.411 e. The minimum absolute atomic E-state index is 0.165. The number of hydrogen-bond donors (Lipinski definition) is 1. The van der Waals surface area contributed by atoms with Crippen LogP contribution in [0.3, 0.4) is 0 Å². The van der Waals surface area contributed by atoms with E-state index < -0.39 is 0 Å². The Kier molecular flexibility index (Phi) is 3.94. The van der Waals surface area contributed by atoms with E-state index in [1.54, 1.807) is 6.92 Å². The third-order valence-electron chi connectivity index (χ3n) is 2.94. The Balaban J connectivity index is 3.33. The monoisotopic (exact) mass is 235 g/mol. The van der Waals surface area contributed by atoms with E-state index in [9.17, 15) is 4.79 Å². The van der Waals surface area contributed by atoms with Crippen LogP contribution in [0.2, 0.25) is 0 Å². The molecule has 2 N–H and O–H groups in total. The Bertz CT molecular complexity index is 436. The van der Waals surface area contributed by atoms with Gasteiger partial charge in [0, 0.05) is 17.4 Å². The van der Waals surface area contributed by atoms with Crippen LogP contribution >= 0.6 is 0 Å². The van der Waals surface area contributed by atoms with Crippen molar-refractivity contribution in [1.82, 2.24) is 0 Å². The number of hydrogen-bond acceptors (Lipinski definition) is 3. The highest BCUT2D eigenvalue weighted by Crippen LogP contribution is 2.37. The third kappa shape index (κ3) is 3.07. The van der Waals surface area contributed by atoms with Crippen LogP contribution < -0.4 is 10.7 Å². The molecule has 0 spiro atoms. The van der Waals surface area contributed by atoms with Gasteiger partial charge in [-0.2, -0.15) is 5.90 Å². The predicted molar refractivity (Wildman–Crippen MR) is 69.1 cm³/mol. The van der Waals surface area contributed by atoms with Gasteiger partial charge in [0.05, 0.1) is 0 Å². The summed E-state index contributed by atoms with van der Waals surface area (Å²) < 4.78 is 0. The summed E-state index contributed by atoms with van der Waals surface area (Å²) in [5.74, 6) is 6.16. The fourth-order valence-electron chi connectivity index (χ4n) is 2.60. The van der Waals surface area contributed by atoms with E-state index in [0.29, 0.717) is 12.2 Å². The van der Waals surface area contributed by atoms with Gasteiger partial charge in [0.15, 0.2) is 5.75 Å². The number of Topliss-reactive ketones (excluding diaryl/α,β-unsaturated/α-hetero) is 1. The summed E-state index contributed by atoms with van der Waals surface area (Å²) >= 11 is 0. The van der Waals surface area contributed by atoms with Gasteiger partial charge in [0.25, 0.3) is 0 Å². The maximum Gasteiger partial charge on any atom is 0.151 e. The number of rotatable bonds is 4. The maximum atomic E-state index is 11.3. The first-order valence-corrected chi connectivity index (χ1v) is 5.76. The highest BCUT2D eigenvalue weighted by molar-refractivity contribution is 5.77. The van der Waals surface area contributed by atoms with Crippen molar-refractivity contribution >= 4 is 5.78 Å². The van der Waals surface area contributed by atoms with Crippen molar-refractivity contribution in [3.05, 3.63) is 28.8 Å². The van der Waals surface area contributed by atoms with Gasteiger partial charge in [-0.1, -0.05) is 19.9 Å². The second-order valence-electron chi connectivity index (χ2n) is 5.34. The lowest BCUT2D eigenvalue weighted by Crippen LogP contribution is -2.24. The Morgan fingerprint density at radius 2 is 1.94 bits per heavy atom. The molecule has 0 aliphatic heterocycles. The number of ketones is 1. The molecule has 0 aliphatic rings. The second kappa shape index (κ2) is 4.88. The van der Waals surface area contributed by atoms with E-state index in [1.165, 1.54) is 0 Å². The number of benzene rings is 1. The standard InChI is InChI=1S/C14H21NO2/c1-9-6-10(2)13(12(7-9)17-15)14(4,5)8-11(3)16/h6-7H,8,15H2,1-5H3. The SMILES string of the molecule is CC(=O)CC(C)(C)c1c(C)cc(C)cc1ON. The summed E-state index contributed by atoms with van der Waals surface area (Å²) in [4.78, 5) is 16.3. The van der Waals surface area contributed by atoms with E-state index in [2.05, 4.69) is 6.07 Å². The maximum absolute atomic E-state index is 11.3. The molecule has 17 heavy (non-hydrogen) atoms. The fourth-order valence-corrected chi connectivity index (χ4v) is 2.60. The summed E-state index contributed by atoms with van der Waals surface area (Å²) in [6, 6.07) is 3.99. The van der Waals surface area contributed by atoms with Crippen molar-refractivity contribution in [3.63, 3.8) is 0 Å². The first kappa shape index (κ1) is 13.7. The van der Waals surface area contributed by atoms with Crippen molar-refractivity contribution in [2.45, 2.75) is 46.5 Å². The lowest BCUT2D eigenvalue weighted by atomic mass is 9.77. The fraction of sp³-hybridized carbons (Fsp3) is 0.500. The third-order valence-corrected chi connectivity index (χ3v) is 2.94. The van der Waals surface area contributed by atoms with Crippen molar-refractivity contribution in [2.24, 2.45) is 5.90 Å². The van der Waals surface area contributed by atoms with Crippen LogP contribution in [0.15, 0.2) is 12.1 Å². The Hall–Kier alpha value is -1.35. The van der Waals surface area contributed by atoms with Crippen LogP contribution in [0.25, 0.3) is 0 Å². The van der Waals surface area contributed by atoms with Gasteiger partial charge in [0.2, 0.25) is 0 Å². The summed E-state index contributed by atoms with van der Waals surface area (Å²) in [5, 5.41) is 0. The topological polar surface area (TPSA) is 52.3 Å². The number of carbonyl (C=O) groups is 1. The molecule has 0 unspecified atom stereocenters. The van der Waals surface area contributed by atoms with Gasteiger partial charge in [-0.3, -0.25) is 4.79 Å².